The van der Waals surface area contributed by atoms with Gasteiger partial charge in [0.2, 0.25) is 0 Å². The van der Waals surface area contributed by atoms with Crippen molar-refractivity contribution < 1.29 is 8.95 Å². The molecule has 0 spiro atoms. The van der Waals surface area contributed by atoms with Crippen LogP contribution in [0.4, 0.5) is 5.69 Å². The van der Waals surface area contributed by atoms with Gasteiger partial charge >= 0.3 is 0 Å². The van der Waals surface area contributed by atoms with Crippen LogP contribution in [-0.2, 0) is 22.1 Å². The number of aryl methyl sites for hydroxylation is 1. The zero-order valence-electron chi connectivity index (χ0n) is 9.93. The topological polar surface area (TPSA) is 74.3 Å². The fourth-order valence-corrected chi connectivity index (χ4v) is 2.41. The number of rotatable bonds is 7. The van der Waals surface area contributed by atoms with Gasteiger partial charge in [-0.2, -0.15) is 0 Å². The number of hydrogen-bond donors (Lipinski definition) is 1. The van der Waals surface area contributed by atoms with E-state index in [-0.39, 0.29) is 5.56 Å². The Balaban J connectivity index is 2.38. The van der Waals surface area contributed by atoms with Crippen LogP contribution in [0.1, 0.15) is 6.42 Å². The first kappa shape index (κ1) is 13.9. The molecule has 0 saturated heterocycles. The summed E-state index contributed by atoms with van der Waals surface area (Å²) >= 11 is 0. The molecule has 1 atom stereocenters. The molecule has 0 bridgehead atoms. The number of nitrogens with two attached hydrogens (primary N) is 1. The molecule has 0 radical (unpaired) electrons. The van der Waals surface area contributed by atoms with E-state index in [1.807, 2.05) is 0 Å². The maximum atomic E-state index is 11.5. The number of hydrogen-bond acceptors (Lipinski definition) is 4. The van der Waals surface area contributed by atoms with E-state index in [0.717, 1.165) is 0 Å². The Morgan fingerprint density at radius 3 is 2.88 bits per heavy atom. The summed E-state index contributed by atoms with van der Waals surface area (Å²) in [6.07, 6.45) is 2.31. The molecule has 0 amide bonds. The fourth-order valence-electron chi connectivity index (χ4n) is 1.40. The number of methoxy groups -OCH3 is 1. The number of nitrogens with zero attached hydrogens (tertiary/aromatic N) is 1. The number of pyridine rings is 1. The minimum atomic E-state index is -0.877. The zero-order valence-corrected chi connectivity index (χ0v) is 10.7. The maximum absolute atomic E-state index is 11.5. The van der Waals surface area contributed by atoms with Crippen molar-refractivity contribution in [1.29, 1.82) is 0 Å². The van der Waals surface area contributed by atoms with E-state index >= 15 is 0 Å². The van der Waals surface area contributed by atoms with Crippen molar-refractivity contribution in [3.05, 3.63) is 28.7 Å². The highest BCUT2D eigenvalue weighted by atomic mass is 32.2. The summed E-state index contributed by atoms with van der Waals surface area (Å²) in [4.78, 5) is 11.4. The Hall–Kier alpha value is -1.14. The van der Waals surface area contributed by atoms with Crippen molar-refractivity contribution in [2.75, 3.05) is 31.0 Å². The van der Waals surface area contributed by atoms with E-state index in [4.69, 9.17) is 10.5 Å². The van der Waals surface area contributed by atoms with Crippen LogP contribution < -0.4 is 11.3 Å². The average Bonchev–Trinajstić information content (AvgIpc) is 2.31. The smallest absolute Gasteiger partial charge is 0.250 e. The van der Waals surface area contributed by atoms with Gasteiger partial charge in [-0.15, -0.1) is 0 Å². The van der Waals surface area contributed by atoms with Crippen LogP contribution >= 0.6 is 0 Å². The molecule has 2 N–H and O–H groups in total. The number of anilines is 1. The maximum Gasteiger partial charge on any atom is 0.250 e. The average molecular weight is 258 g/mol. The van der Waals surface area contributed by atoms with Gasteiger partial charge in [-0.1, -0.05) is 0 Å². The predicted octanol–water partition coefficient (Wildman–Crippen LogP) is 0.216. The summed E-state index contributed by atoms with van der Waals surface area (Å²) in [5.41, 5.74) is 6.07. The predicted molar refractivity (Wildman–Crippen MR) is 69.5 cm³/mol. The van der Waals surface area contributed by atoms with Crippen molar-refractivity contribution in [1.82, 2.24) is 4.57 Å². The quantitative estimate of drug-likeness (QED) is 0.759. The van der Waals surface area contributed by atoms with E-state index in [9.17, 15) is 9.00 Å². The fraction of sp³-hybridized carbons (Fsp3) is 0.545. The van der Waals surface area contributed by atoms with Crippen LogP contribution in [-0.4, -0.2) is 34.0 Å². The van der Waals surface area contributed by atoms with E-state index in [0.29, 0.717) is 36.8 Å². The third kappa shape index (κ3) is 5.14. The third-order valence-electron chi connectivity index (χ3n) is 2.29. The van der Waals surface area contributed by atoms with Crippen molar-refractivity contribution >= 4 is 16.5 Å². The van der Waals surface area contributed by atoms with E-state index in [1.165, 1.54) is 6.07 Å². The molecule has 0 aliphatic rings. The molecule has 0 aromatic carbocycles. The van der Waals surface area contributed by atoms with Gasteiger partial charge in [0.15, 0.2) is 0 Å². The summed E-state index contributed by atoms with van der Waals surface area (Å²) < 4.78 is 17.9. The normalized spacial score (nSPS) is 12.5. The molecule has 17 heavy (non-hydrogen) atoms. The van der Waals surface area contributed by atoms with Crippen molar-refractivity contribution in [3.8, 4) is 0 Å². The number of nitrogen functional groups attached to an aromatic ring is 1. The largest absolute Gasteiger partial charge is 0.398 e. The monoisotopic (exact) mass is 258 g/mol. The Morgan fingerprint density at radius 1 is 1.41 bits per heavy atom. The standard InChI is InChI=1S/C11H18N2O3S/c1-16-6-8-17(15)7-2-5-13-9-10(12)3-4-11(13)14/h3-4,9H,2,5-8,12H2,1H3. The summed E-state index contributed by atoms with van der Waals surface area (Å²) in [7, 11) is 0.710. The molecule has 1 unspecified atom stereocenters. The molecule has 1 rings (SSSR count). The Kier molecular flexibility index (Phi) is 5.93. The van der Waals surface area contributed by atoms with Gasteiger partial charge in [0.25, 0.3) is 5.56 Å². The molecule has 1 aromatic rings. The molecule has 1 aromatic heterocycles. The highest BCUT2D eigenvalue weighted by molar-refractivity contribution is 7.84. The Labute approximate surface area is 103 Å². The van der Waals surface area contributed by atoms with Crippen LogP contribution in [0.3, 0.4) is 0 Å². The molecule has 0 fully saturated rings. The summed E-state index contributed by atoms with van der Waals surface area (Å²) in [5, 5.41) is 0. The minimum Gasteiger partial charge on any atom is -0.398 e. The van der Waals surface area contributed by atoms with Crippen LogP contribution in [0.2, 0.25) is 0 Å². The molecule has 1 heterocycles. The first-order chi connectivity index (χ1) is 8.13. The number of aromatic nitrogens is 1. The van der Waals surface area contributed by atoms with E-state index in [1.54, 1.807) is 23.9 Å². The summed E-state index contributed by atoms with van der Waals surface area (Å²) in [6, 6.07) is 3.02. The molecular formula is C11H18N2O3S. The van der Waals surface area contributed by atoms with Gasteiger partial charge in [0.05, 0.1) is 6.61 Å². The third-order valence-corrected chi connectivity index (χ3v) is 3.66. The van der Waals surface area contributed by atoms with Crippen molar-refractivity contribution in [2.45, 2.75) is 13.0 Å². The Bertz CT molecular complexity index is 431. The lowest BCUT2D eigenvalue weighted by atomic mass is 10.4. The number of ether oxygens (including phenoxy) is 1. The summed E-state index contributed by atoms with van der Waals surface area (Å²) in [5.74, 6) is 1.12. The van der Waals surface area contributed by atoms with Crippen LogP contribution in [0.15, 0.2) is 23.1 Å². The van der Waals surface area contributed by atoms with Crippen LogP contribution in [0.25, 0.3) is 0 Å². The van der Waals surface area contributed by atoms with Crippen LogP contribution in [0.5, 0.6) is 0 Å². The lowest BCUT2D eigenvalue weighted by Gasteiger charge is -2.06. The molecule has 0 saturated carbocycles. The second-order valence-corrected chi connectivity index (χ2v) is 5.38. The molecule has 6 heteroatoms. The van der Waals surface area contributed by atoms with Gasteiger partial charge in [-0.3, -0.25) is 9.00 Å². The lowest BCUT2D eigenvalue weighted by Crippen LogP contribution is -2.20. The second kappa shape index (κ2) is 7.24. The zero-order chi connectivity index (χ0) is 12.7. The summed E-state index contributed by atoms with van der Waals surface area (Å²) in [6.45, 7) is 1.05. The van der Waals surface area contributed by atoms with Gasteiger partial charge in [0.1, 0.15) is 0 Å². The molecule has 0 aliphatic heterocycles. The van der Waals surface area contributed by atoms with Gasteiger partial charge in [-0.05, 0) is 12.5 Å². The van der Waals surface area contributed by atoms with E-state index < -0.39 is 10.8 Å². The van der Waals surface area contributed by atoms with Gasteiger partial charge in [-0.25, -0.2) is 0 Å². The molecule has 5 nitrogen and oxygen atoms in total. The molecular weight excluding hydrogens is 240 g/mol. The highest BCUT2D eigenvalue weighted by Crippen LogP contribution is 1.98. The minimum absolute atomic E-state index is 0.0816. The Morgan fingerprint density at radius 2 is 2.18 bits per heavy atom. The lowest BCUT2D eigenvalue weighted by molar-refractivity contribution is 0.218. The molecule has 0 aliphatic carbocycles. The van der Waals surface area contributed by atoms with Gasteiger partial charge in [0, 0.05) is 53.9 Å². The SMILES string of the molecule is COCCS(=O)CCCn1cc(N)ccc1=O. The molecule has 96 valence electrons. The van der Waals surface area contributed by atoms with Crippen molar-refractivity contribution in [3.63, 3.8) is 0 Å². The van der Waals surface area contributed by atoms with E-state index in [2.05, 4.69) is 0 Å². The van der Waals surface area contributed by atoms with Gasteiger partial charge < -0.3 is 15.0 Å². The van der Waals surface area contributed by atoms with Crippen LogP contribution in [0, 0.1) is 0 Å². The first-order valence-corrected chi connectivity index (χ1v) is 6.92. The first-order valence-electron chi connectivity index (χ1n) is 5.43. The highest BCUT2D eigenvalue weighted by Gasteiger charge is 2.01. The second-order valence-electron chi connectivity index (χ2n) is 3.69. The van der Waals surface area contributed by atoms with Crippen molar-refractivity contribution in [2.24, 2.45) is 0 Å².